The van der Waals surface area contributed by atoms with Gasteiger partial charge in [-0.2, -0.15) is 0 Å². The number of rotatable bonds is 6. The van der Waals surface area contributed by atoms with Gasteiger partial charge in [-0.25, -0.2) is 0 Å². The summed E-state index contributed by atoms with van der Waals surface area (Å²) < 4.78 is 26.9. The number of hydrogen-bond donors (Lipinski definition) is 0. The molecule has 2 saturated heterocycles. The molecule has 2 fully saturated rings. The molecule has 2 amide bonds. The zero-order valence-electron chi connectivity index (χ0n) is 25.5. The number of benzene rings is 3. The van der Waals surface area contributed by atoms with Gasteiger partial charge in [0.25, 0.3) is 11.8 Å². The molecule has 0 spiro atoms. The predicted octanol–water partition coefficient (Wildman–Crippen LogP) is 6.98. The second kappa shape index (κ2) is 11.6. The number of thioether (sulfide) groups is 1. The molecule has 3 heterocycles. The standard InChI is InChI=1S/C34H39NO6SSi/c1-21-16-18-23(19-17-21)42-33-27(35-30(36)24-14-10-11-15-25(24)31(35)37)29(41-43(5,6)34(2,3)4)28-26(39-33)20-38-32(40-28)22-12-8-7-9-13-22/h7-19,26-29,32-33H,20H2,1-6H3/t26-,27-,28-,29-,32?,33+/m1/s1. The van der Waals surface area contributed by atoms with E-state index >= 15 is 0 Å². The molecule has 0 saturated carbocycles. The van der Waals surface area contributed by atoms with Gasteiger partial charge in [0.15, 0.2) is 14.6 Å². The number of aryl methyl sites for hydroxylation is 1. The number of hydrogen-bond acceptors (Lipinski definition) is 7. The molecule has 3 aromatic rings. The van der Waals surface area contributed by atoms with E-state index in [1.807, 2.05) is 61.5 Å². The van der Waals surface area contributed by atoms with Gasteiger partial charge in [-0.3, -0.25) is 14.5 Å². The Kier molecular flexibility index (Phi) is 8.17. The van der Waals surface area contributed by atoms with Crippen LogP contribution in [-0.2, 0) is 18.6 Å². The number of imide groups is 1. The Balaban J connectivity index is 1.45. The summed E-state index contributed by atoms with van der Waals surface area (Å²) in [5.74, 6) is -0.671. The summed E-state index contributed by atoms with van der Waals surface area (Å²) in [5, 5.41) is -0.128. The van der Waals surface area contributed by atoms with Crippen molar-refractivity contribution in [3.63, 3.8) is 0 Å². The van der Waals surface area contributed by atoms with E-state index in [0.29, 0.717) is 17.7 Å². The van der Waals surface area contributed by atoms with Gasteiger partial charge in [0.05, 0.1) is 23.8 Å². The second-order valence-electron chi connectivity index (χ2n) is 13.0. The quantitative estimate of drug-likeness (QED) is 0.218. The van der Waals surface area contributed by atoms with Crippen LogP contribution in [0.25, 0.3) is 0 Å². The monoisotopic (exact) mass is 617 g/mol. The lowest BCUT2D eigenvalue weighted by atomic mass is 9.95. The van der Waals surface area contributed by atoms with E-state index in [-0.39, 0.29) is 16.9 Å². The van der Waals surface area contributed by atoms with Gasteiger partial charge >= 0.3 is 0 Å². The zero-order valence-corrected chi connectivity index (χ0v) is 27.3. The van der Waals surface area contributed by atoms with Crippen LogP contribution in [0.1, 0.15) is 58.9 Å². The maximum absolute atomic E-state index is 14.0. The summed E-state index contributed by atoms with van der Waals surface area (Å²) >= 11 is 1.50. The fourth-order valence-electron chi connectivity index (χ4n) is 5.59. The molecule has 9 heteroatoms. The van der Waals surface area contributed by atoms with Crippen LogP contribution in [-0.4, -0.2) is 61.4 Å². The molecule has 0 aromatic heterocycles. The highest BCUT2D eigenvalue weighted by Crippen LogP contribution is 2.46. The minimum atomic E-state index is -2.45. The predicted molar refractivity (Wildman–Crippen MR) is 169 cm³/mol. The van der Waals surface area contributed by atoms with Crippen molar-refractivity contribution >= 4 is 31.9 Å². The van der Waals surface area contributed by atoms with Crippen molar-refractivity contribution in [2.45, 2.75) is 86.8 Å². The highest BCUT2D eigenvalue weighted by Gasteiger charge is 2.58. The summed E-state index contributed by atoms with van der Waals surface area (Å²) in [6.45, 7) is 13.3. The molecular weight excluding hydrogens is 579 g/mol. The van der Waals surface area contributed by atoms with Crippen molar-refractivity contribution in [2.75, 3.05) is 6.61 Å². The third-order valence-corrected chi connectivity index (χ3v) is 14.7. The van der Waals surface area contributed by atoms with Crippen molar-refractivity contribution in [3.05, 3.63) is 101 Å². The Hall–Kier alpha value is -2.79. The molecular formula is C34H39NO6SSi. The van der Waals surface area contributed by atoms with Gasteiger partial charge in [-0.15, -0.1) is 0 Å². The lowest BCUT2D eigenvalue weighted by Crippen LogP contribution is -2.69. The van der Waals surface area contributed by atoms with E-state index < -0.39 is 44.4 Å². The van der Waals surface area contributed by atoms with Crippen LogP contribution in [0.3, 0.4) is 0 Å². The largest absolute Gasteiger partial charge is 0.409 e. The molecule has 226 valence electrons. The average Bonchev–Trinajstić information content (AvgIpc) is 3.23. The summed E-state index contributed by atoms with van der Waals surface area (Å²) in [5.41, 5.74) is 2.22. The van der Waals surface area contributed by atoms with E-state index in [0.717, 1.165) is 16.0 Å². The average molecular weight is 618 g/mol. The van der Waals surface area contributed by atoms with Crippen LogP contribution in [0.5, 0.6) is 0 Å². The smallest absolute Gasteiger partial charge is 0.262 e. The molecule has 6 atom stereocenters. The van der Waals surface area contributed by atoms with Crippen LogP contribution in [0.15, 0.2) is 83.8 Å². The van der Waals surface area contributed by atoms with Gasteiger partial charge in [0.1, 0.15) is 23.7 Å². The van der Waals surface area contributed by atoms with Crippen molar-refractivity contribution in [3.8, 4) is 0 Å². The molecule has 43 heavy (non-hydrogen) atoms. The highest BCUT2D eigenvalue weighted by molar-refractivity contribution is 7.99. The van der Waals surface area contributed by atoms with E-state index in [4.69, 9.17) is 18.6 Å². The number of amides is 2. The molecule has 7 nitrogen and oxygen atoms in total. The van der Waals surface area contributed by atoms with Gasteiger partial charge in [-0.1, -0.05) is 92.7 Å². The van der Waals surface area contributed by atoms with Gasteiger partial charge < -0.3 is 18.6 Å². The Morgan fingerprint density at radius 2 is 1.47 bits per heavy atom. The molecule has 1 unspecified atom stereocenters. The number of carbonyl (C=O) groups excluding carboxylic acids is 2. The molecule has 0 radical (unpaired) electrons. The van der Waals surface area contributed by atoms with Crippen molar-refractivity contribution in [1.29, 1.82) is 0 Å². The fraction of sp³-hybridized carbons (Fsp3) is 0.412. The number of nitrogens with zero attached hydrogens (tertiary/aromatic N) is 1. The topological polar surface area (TPSA) is 74.3 Å². The molecule has 0 aliphatic carbocycles. The molecule has 0 N–H and O–H groups in total. The van der Waals surface area contributed by atoms with Crippen LogP contribution >= 0.6 is 11.8 Å². The van der Waals surface area contributed by atoms with Crippen LogP contribution in [0.4, 0.5) is 0 Å². The van der Waals surface area contributed by atoms with E-state index in [9.17, 15) is 9.59 Å². The lowest BCUT2D eigenvalue weighted by Gasteiger charge is -2.53. The molecule has 0 bridgehead atoms. The van der Waals surface area contributed by atoms with Crippen LogP contribution < -0.4 is 0 Å². The first-order valence-corrected chi connectivity index (χ1v) is 18.6. The fourth-order valence-corrected chi connectivity index (χ4v) is 8.07. The van der Waals surface area contributed by atoms with Crippen molar-refractivity contribution in [1.82, 2.24) is 4.90 Å². The molecule has 3 aliphatic heterocycles. The third kappa shape index (κ3) is 5.74. The normalized spacial score (nSPS) is 27.6. The van der Waals surface area contributed by atoms with Crippen LogP contribution in [0.2, 0.25) is 18.1 Å². The van der Waals surface area contributed by atoms with Crippen molar-refractivity contribution in [2.24, 2.45) is 0 Å². The molecule has 6 rings (SSSR count). The first-order chi connectivity index (χ1) is 20.4. The minimum Gasteiger partial charge on any atom is -0.409 e. The van der Waals surface area contributed by atoms with Gasteiger partial charge in [0, 0.05) is 10.5 Å². The molecule has 3 aliphatic rings. The Labute approximate surface area is 259 Å². The summed E-state index contributed by atoms with van der Waals surface area (Å²) in [6.07, 6.45) is -2.29. The second-order valence-corrected chi connectivity index (χ2v) is 18.9. The van der Waals surface area contributed by atoms with Crippen molar-refractivity contribution < 1.29 is 28.2 Å². The first-order valence-electron chi connectivity index (χ1n) is 14.8. The zero-order chi connectivity index (χ0) is 30.5. The van der Waals surface area contributed by atoms with E-state index in [1.165, 1.54) is 16.7 Å². The van der Waals surface area contributed by atoms with E-state index in [1.54, 1.807) is 24.3 Å². The number of carbonyl (C=O) groups is 2. The number of ether oxygens (including phenoxy) is 3. The SMILES string of the molecule is Cc1ccc(S[C@@H]2O[C@@H]3COC(c4ccccc4)O[C@H]3[C@H](O[Si](C)(C)C(C)(C)C)[C@H]2N2C(=O)c3ccccc3C2=O)cc1. The Bertz CT molecular complexity index is 1460. The van der Waals surface area contributed by atoms with Gasteiger partial charge in [0.2, 0.25) is 0 Å². The lowest BCUT2D eigenvalue weighted by molar-refractivity contribution is -0.307. The highest BCUT2D eigenvalue weighted by atomic mass is 32.2. The third-order valence-electron chi connectivity index (χ3n) is 9.01. The summed E-state index contributed by atoms with van der Waals surface area (Å²) in [7, 11) is -2.45. The van der Waals surface area contributed by atoms with E-state index in [2.05, 4.69) is 33.9 Å². The summed E-state index contributed by atoms with van der Waals surface area (Å²) in [4.78, 5) is 30.4. The number of fused-ring (bicyclic) bond motifs is 2. The first kappa shape index (κ1) is 30.2. The maximum atomic E-state index is 14.0. The Morgan fingerprint density at radius 3 is 2.07 bits per heavy atom. The maximum Gasteiger partial charge on any atom is 0.262 e. The summed E-state index contributed by atoms with van der Waals surface area (Å²) in [6, 6.07) is 24.2. The van der Waals surface area contributed by atoms with Crippen LogP contribution in [0, 0.1) is 6.92 Å². The minimum absolute atomic E-state index is 0.128. The van der Waals surface area contributed by atoms with Gasteiger partial charge in [-0.05, 0) is 49.3 Å². The Morgan fingerprint density at radius 1 is 0.860 bits per heavy atom. The molecule has 3 aromatic carbocycles.